The van der Waals surface area contributed by atoms with E-state index in [0.717, 1.165) is 23.0 Å². The number of halogens is 2. The number of hydrogen-bond acceptors (Lipinski definition) is 1. The van der Waals surface area contributed by atoms with Gasteiger partial charge in [0.15, 0.2) is 0 Å². The average molecular weight is 315 g/mol. The zero-order valence-electron chi connectivity index (χ0n) is 9.25. The Morgan fingerprint density at radius 1 is 1.53 bits per heavy atom. The first-order chi connectivity index (χ1) is 8.15. The molecule has 2 rings (SSSR count). The lowest BCUT2D eigenvalue weighted by Crippen LogP contribution is -2.15. The Morgan fingerprint density at radius 3 is 3.06 bits per heavy atom. The lowest BCUT2D eigenvalue weighted by Gasteiger charge is -2.10. The van der Waals surface area contributed by atoms with Gasteiger partial charge >= 0.3 is 0 Å². The van der Waals surface area contributed by atoms with Crippen LogP contribution in [-0.4, -0.2) is 5.91 Å². The molecule has 0 fully saturated rings. The van der Waals surface area contributed by atoms with E-state index >= 15 is 0 Å². The number of allylic oxidation sites excluding steroid dienone is 2. The van der Waals surface area contributed by atoms with E-state index < -0.39 is 0 Å². The van der Waals surface area contributed by atoms with Crippen molar-refractivity contribution in [2.75, 3.05) is 5.32 Å². The number of benzene rings is 1. The summed E-state index contributed by atoms with van der Waals surface area (Å²) in [5.74, 6) is 0.414. The van der Waals surface area contributed by atoms with Gasteiger partial charge in [-0.15, -0.1) is 0 Å². The molecular weight excluding hydrogens is 302 g/mol. The van der Waals surface area contributed by atoms with Crippen LogP contribution in [0.15, 0.2) is 34.8 Å². The first kappa shape index (κ1) is 12.7. The Balaban J connectivity index is 1.97. The molecule has 1 aliphatic carbocycles. The molecule has 0 bridgehead atoms. The molecule has 1 unspecified atom stereocenters. The second-order valence-electron chi connectivity index (χ2n) is 4.14. The maximum Gasteiger partial charge on any atom is 0.224 e. The normalized spacial score (nSPS) is 18.4. The van der Waals surface area contributed by atoms with Crippen molar-refractivity contribution in [3.8, 4) is 0 Å². The molecule has 0 heterocycles. The monoisotopic (exact) mass is 313 g/mol. The summed E-state index contributed by atoms with van der Waals surface area (Å²) in [4.78, 5) is 11.8. The molecule has 1 amide bonds. The van der Waals surface area contributed by atoms with Crippen LogP contribution in [0.2, 0.25) is 5.02 Å². The van der Waals surface area contributed by atoms with Crippen LogP contribution < -0.4 is 5.32 Å². The summed E-state index contributed by atoms with van der Waals surface area (Å²) < 4.78 is 0.845. The number of hydrogen-bond donors (Lipinski definition) is 1. The summed E-state index contributed by atoms with van der Waals surface area (Å²) >= 11 is 9.27. The molecule has 0 saturated heterocycles. The Morgan fingerprint density at radius 2 is 2.35 bits per heavy atom. The predicted octanol–water partition coefficient (Wildman–Crippen LogP) is 4.40. The van der Waals surface area contributed by atoms with Crippen LogP contribution in [0.1, 0.15) is 19.3 Å². The minimum Gasteiger partial charge on any atom is -0.325 e. The summed E-state index contributed by atoms with van der Waals surface area (Å²) in [5.41, 5.74) is 0.726. The molecule has 4 heteroatoms. The maximum absolute atomic E-state index is 11.8. The van der Waals surface area contributed by atoms with Gasteiger partial charge in [-0.2, -0.15) is 0 Å². The number of carbonyl (C=O) groups is 1. The predicted molar refractivity (Wildman–Crippen MR) is 74.3 cm³/mol. The van der Waals surface area contributed by atoms with Crippen molar-refractivity contribution in [3.63, 3.8) is 0 Å². The van der Waals surface area contributed by atoms with Crippen molar-refractivity contribution in [2.45, 2.75) is 19.3 Å². The van der Waals surface area contributed by atoms with Crippen LogP contribution in [0.5, 0.6) is 0 Å². The van der Waals surface area contributed by atoms with E-state index in [1.54, 1.807) is 12.1 Å². The van der Waals surface area contributed by atoms with Gasteiger partial charge in [-0.05, 0) is 52.9 Å². The third-order valence-electron chi connectivity index (χ3n) is 2.76. The van der Waals surface area contributed by atoms with Gasteiger partial charge in [-0.3, -0.25) is 4.79 Å². The largest absolute Gasteiger partial charge is 0.325 e. The van der Waals surface area contributed by atoms with E-state index in [0.29, 0.717) is 17.4 Å². The number of rotatable bonds is 3. The van der Waals surface area contributed by atoms with Crippen LogP contribution in [0.4, 0.5) is 5.69 Å². The van der Waals surface area contributed by atoms with Crippen LogP contribution in [0.25, 0.3) is 0 Å². The van der Waals surface area contributed by atoms with Gasteiger partial charge in [-0.1, -0.05) is 23.8 Å². The fourth-order valence-corrected chi connectivity index (χ4v) is 2.42. The highest BCUT2D eigenvalue weighted by molar-refractivity contribution is 9.10. The topological polar surface area (TPSA) is 29.1 Å². The molecule has 0 aliphatic heterocycles. The first-order valence-corrected chi connectivity index (χ1v) is 6.74. The molecule has 1 atom stereocenters. The SMILES string of the molecule is O=C(CC1C=CCC1)Nc1cc(Cl)ccc1Br. The van der Waals surface area contributed by atoms with Gasteiger partial charge < -0.3 is 5.32 Å². The number of carbonyl (C=O) groups excluding carboxylic acids is 1. The van der Waals surface area contributed by atoms with Crippen molar-refractivity contribution in [1.29, 1.82) is 0 Å². The summed E-state index contributed by atoms with van der Waals surface area (Å²) in [6.07, 6.45) is 6.94. The van der Waals surface area contributed by atoms with Gasteiger partial charge in [-0.25, -0.2) is 0 Å². The lowest BCUT2D eigenvalue weighted by atomic mass is 10.1. The summed E-state index contributed by atoms with van der Waals surface area (Å²) in [6.45, 7) is 0. The highest BCUT2D eigenvalue weighted by Gasteiger charge is 2.14. The molecule has 1 aromatic carbocycles. The van der Waals surface area contributed by atoms with E-state index in [1.807, 2.05) is 6.07 Å². The first-order valence-electron chi connectivity index (χ1n) is 5.57. The second-order valence-corrected chi connectivity index (χ2v) is 5.43. The van der Waals surface area contributed by atoms with Crippen molar-refractivity contribution in [2.24, 2.45) is 5.92 Å². The molecule has 0 saturated carbocycles. The van der Waals surface area contributed by atoms with E-state index in [9.17, 15) is 4.79 Å². The Labute approximate surface area is 114 Å². The van der Waals surface area contributed by atoms with Crippen molar-refractivity contribution < 1.29 is 4.79 Å². The van der Waals surface area contributed by atoms with Crippen LogP contribution in [0, 0.1) is 5.92 Å². The highest BCUT2D eigenvalue weighted by atomic mass is 79.9. The van der Waals surface area contributed by atoms with E-state index in [-0.39, 0.29) is 5.91 Å². The summed E-state index contributed by atoms with van der Waals surface area (Å²) in [6, 6.07) is 5.35. The Kier molecular flexibility index (Phi) is 4.24. The van der Waals surface area contributed by atoms with Gasteiger partial charge in [0, 0.05) is 15.9 Å². The van der Waals surface area contributed by atoms with Gasteiger partial charge in [0.1, 0.15) is 0 Å². The minimum absolute atomic E-state index is 0.0320. The van der Waals surface area contributed by atoms with Crippen LogP contribution >= 0.6 is 27.5 Å². The molecule has 1 aromatic rings. The highest BCUT2D eigenvalue weighted by Crippen LogP contribution is 2.27. The fourth-order valence-electron chi connectivity index (χ4n) is 1.90. The van der Waals surface area contributed by atoms with E-state index in [4.69, 9.17) is 11.6 Å². The summed E-state index contributed by atoms with van der Waals surface area (Å²) in [7, 11) is 0. The van der Waals surface area contributed by atoms with Crippen molar-refractivity contribution in [1.82, 2.24) is 0 Å². The average Bonchev–Trinajstić information content (AvgIpc) is 2.76. The molecule has 0 radical (unpaired) electrons. The van der Waals surface area contributed by atoms with E-state index in [2.05, 4.69) is 33.4 Å². The number of anilines is 1. The number of nitrogens with one attached hydrogen (secondary N) is 1. The lowest BCUT2D eigenvalue weighted by molar-refractivity contribution is -0.116. The second kappa shape index (κ2) is 5.69. The minimum atomic E-state index is 0.0320. The smallest absolute Gasteiger partial charge is 0.224 e. The molecule has 90 valence electrons. The van der Waals surface area contributed by atoms with E-state index in [1.165, 1.54) is 0 Å². The molecule has 0 aromatic heterocycles. The van der Waals surface area contributed by atoms with Crippen LogP contribution in [-0.2, 0) is 4.79 Å². The van der Waals surface area contributed by atoms with Crippen LogP contribution in [0.3, 0.4) is 0 Å². The fraction of sp³-hybridized carbons (Fsp3) is 0.308. The maximum atomic E-state index is 11.8. The third-order valence-corrected chi connectivity index (χ3v) is 3.69. The third kappa shape index (κ3) is 3.58. The molecule has 1 aliphatic rings. The zero-order valence-corrected chi connectivity index (χ0v) is 11.6. The summed E-state index contributed by atoms with van der Waals surface area (Å²) in [5, 5.41) is 3.49. The Bertz CT molecular complexity index is 459. The zero-order chi connectivity index (χ0) is 12.3. The van der Waals surface area contributed by atoms with Gasteiger partial charge in [0.25, 0.3) is 0 Å². The van der Waals surface area contributed by atoms with Crippen molar-refractivity contribution >= 4 is 39.1 Å². The van der Waals surface area contributed by atoms with Gasteiger partial charge in [0.05, 0.1) is 5.69 Å². The molecule has 17 heavy (non-hydrogen) atoms. The molecular formula is C13H13BrClNO. The quantitative estimate of drug-likeness (QED) is 0.823. The molecule has 0 spiro atoms. The number of amides is 1. The standard InChI is InChI=1S/C13H13BrClNO/c14-11-6-5-10(15)8-12(11)16-13(17)7-9-3-1-2-4-9/h1,3,5-6,8-9H,2,4,7H2,(H,16,17). The van der Waals surface area contributed by atoms with Crippen molar-refractivity contribution in [3.05, 3.63) is 39.8 Å². The molecule has 1 N–H and O–H groups in total. The molecule has 2 nitrogen and oxygen atoms in total. The Hall–Kier alpha value is -0.800. The van der Waals surface area contributed by atoms with Gasteiger partial charge in [0.2, 0.25) is 5.91 Å².